The standard InChI is InChI=1S/C12H7Cl2FN2O/c1-6-11(14)12(17-5-16-6)8-2-7(4-18)9(13)3-10(8)15/h2-5H,1H3. The maximum absolute atomic E-state index is 13.8. The van der Waals surface area contributed by atoms with Gasteiger partial charge in [0.1, 0.15) is 12.1 Å². The first-order valence-electron chi connectivity index (χ1n) is 4.96. The number of aldehydes is 1. The molecule has 6 heteroatoms. The third kappa shape index (κ3) is 2.21. The van der Waals surface area contributed by atoms with Crippen molar-refractivity contribution in [2.75, 3.05) is 0 Å². The van der Waals surface area contributed by atoms with Gasteiger partial charge in [-0.05, 0) is 19.1 Å². The van der Waals surface area contributed by atoms with E-state index in [1.165, 1.54) is 12.4 Å². The molecule has 2 rings (SSSR count). The molecule has 1 aromatic heterocycles. The number of benzene rings is 1. The molecular weight excluding hydrogens is 278 g/mol. The second kappa shape index (κ2) is 5.00. The lowest BCUT2D eigenvalue weighted by Gasteiger charge is -2.08. The van der Waals surface area contributed by atoms with Crippen LogP contribution < -0.4 is 0 Å². The molecule has 0 saturated carbocycles. The fourth-order valence-electron chi connectivity index (χ4n) is 1.48. The first-order valence-corrected chi connectivity index (χ1v) is 5.72. The molecule has 1 aromatic carbocycles. The average Bonchev–Trinajstić information content (AvgIpc) is 2.34. The van der Waals surface area contributed by atoms with Gasteiger partial charge in [-0.2, -0.15) is 0 Å². The number of carbonyl (C=O) groups excluding carboxylic acids is 1. The van der Waals surface area contributed by atoms with Gasteiger partial charge in [-0.25, -0.2) is 14.4 Å². The Bertz CT molecular complexity index is 632. The molecule has 0 spiro atoms. The zero-order chi connectivity index (χ0) is 13.3. The molecule has 0 saturated heterocycles. The Hall–Kier alpha value is -1.52. The predicted octanol–water partition coefficient (Wildman–Crippen LogP) is 3.71. The normalized spacial score (nSPS) is 10.4. The Morgan fingerprint density at radius 3 is 2.67 bits per heavy atom. The van der Waals surface area contributed by atoms with E-state index in [0.29, 0.717) is 12.0 Å². The molecule has 0 atom stereocenters. The predicted molar refractivity (Wildman–Crippen MR) is 67.6 cm³/mol. The molecule has 92 valence electrons. The van der Waals surface area contributed by atoms with Gasteiger partial charge in [-0.3, -0.25) is 4.79 Å². The molecule has 0 amide bonds. The Morgan fingerprint density at radius 1 is 1.28 bits per heavy atom. The van der Waals surface area contributed by atoms with E-state index in [2.05, 4.69) is 9.97 Å². The van der Waals surface area contributed by atoms with Gasteiger partial charge in [-0.15, -0.1) is 0 Å². The van der Waals surface area contributed by atoms with Crippen LogP contribution in [0.3, 0.4) is 0 Å². The Kier molecular flexibility index (Phi) is 3.59. The minimum atomic E-state index is -0.592. The lowest BCUT2D eigenvalue weighted by Crippen LogP contribution is -1.95. The molecule has 0 N–H and O–H groups in total. The van der Waals surface area contributed by atoms with Gasteiger partial charge < -0.3 is 0 Å². The Labute approximate surface area is 113 Å². The van der Waals surface area contributed by atoms with Crippen LogP contribution in [-0.4, -0.2) is 16.3 Å². The van der Waals surface area contributed by atoms with Crippen LogP contribution in [0.1, 0.15) is 16.1 Å². The number of nitrogens with zero attached hydrogens (tertiary/aromatic N) is 2. The van der Waals surface area contributed by atoms with Crippen LogP contribution in [0, 0.1) is 12.7 Å². The molecule has 0 fully saturated rings. The summed E-state index contributed by atoms with van der Waals surface area (Å²) < 4.78 is 13.8. The number of hydrogen-bond donors (Lipinski definition) is 0. The topological polar surface area (TPSA) is 42.9 Å². The van der Waals surface area contributed by atoms with Gasteiger partial charge in [0.25, 0.3) is 0 Å². The zero-order valence-corrected chi connectivity index (χ0v) is 10.8. The maximum atomic E-state index is 13.8. The van der Waals surface area contributed by atoms with E-state index in [1.54, 1.807) is 6.92 Å². The van der Waals surface area contributed by atoms with Crippen LogP contribution in [0.4, 0.5) is 4.39 Å². The van der Waals surface area contributed by atoms with Crippen molar-refractivity contribution in [3.63, 3.8) is 0 Å². The number of aromatic nitrogens is 2. The highest BCUT2D eigenvalue weighted by atomic mass is 35.5. The lowest BCUT2D eigenvalue weighted by molar-refractivity contribution is 0.112. The van der Waals surface area contributed by atoms with E-state index >= 15 is 0 Å². The Morgan fingerprint density at radius 2 is 2.00 bits per heavy atom. The third-order valence-electron chi connectivity index (χ3n) is 2.43. The molecule has 2 aromatic rings. The van der Waals surface area contributed by atoms with Gasteiger partial charge in [0.15, 0.2) is 6.29 Å². The highest BCUT2D eigenvalue weighted by molar-refractivity contribution is 6.34. The summed E-state index contributed by atoms with van der Waals surface area (Å²) in [5.74, 6) is -0.592. The number of carbonyl (C=O) groups is 1. The van der Waals surface area contributed by atoms with Crippen LogP contribution >= 0.6 is 23.2 Å². The highest BCUT2D eigenvalue weighted by Crippen LogP contribution is 2.31. The van der Waals surface area contributed by atoms with Crippen molar-refractivity contribution in [1.82, 2.24) is 9.97 Å². The van der Waals surface area contributed by atoms with E-state index in [9.17, 15) is 9.18 Å². The van der Waals surface area contributed by atoms with Crippen molar-refractivity contribution < 1.29 is 9.18 Å². The number of aryl methyl sites for hydroxylation is 1. The monoisotopic (exact) mass is 284 g/mol. The van der Waals surface area contributed by atoms with E-state index in [-0.39, 0.29) is 26.9 Å². The van der Waals surface area contributed by atoms with E-state index in [0.717, 1.165) is 6.07 Å². The summed E-state index contributed by atoms with van der Waals surface area (Å²) in [4.78, 5) is 18.6. The van der Waals surface area contributed by atoms with Crippen molar-refractivity contribution in [2.24, 2.45) is 0 Å². The summed E-state index contributed by atoms with van der Waals surface area (Å²) in [6.45, 7) is 1.68. The second-order valence-electron chi connectivity index (χ2n) is 3.59. The molecule has 3 nitrogen and oxygen atoms in total. The van der Waals surface area contributed by atoms with Gasteiger partial charge in [0.05, 0.1) is 21.4 Å². The summed E-state index contributed by atoms with van der Waals surface area (Å²) in [5, 5.41) is 0.295. The van der Waals surface area contributed by atoms with Crippen molar-refractivity contribution in [3.8, 4) is 11.3 Å². The summed E-state index contributed by atoms with van der Waals surface area (Å²) in [6.07, 6.45) is 1.83. The van der Waals surface area contributed by atoms with Crippen LogP contribution in [0.15, 0.2) is 18.5 Å². The quantitative estimate of drug-likeness (QED) is 0.790. The van der Waals surface area contributed by atoms with Crippen molar-refractivity contribution in [3.05, 3.63) is 45.6 Å². The summed E-state index contributed by atoms with van der Waals surface area (Å²) in [6, 6.07) is 2.38. The minimum absolute atomic E-state index is 0.0492. The largest absolute Gasteiger partial charge is 0.298 e. The fraction of sp³-hybridized carbons (Fsp3) is 0.0833. The van der Waals surface area contributed by atoms with Crippen LogP contribution in [0.5, 0.6) is 0 Å². The van der Waals surface area contributed by atoms with Gasteiger partial charge >= 0.3 is 0 Å². The number of hydrogen-bond acceptors (Lipinski definition) is 3. The minimum Gasteiger partial charge on any atom is -0.298 e. The van der Waals surface area contributed by atoms with Crippen molar-refractivity contribution >= 4 is 29.5 Å². The zero-order valence-electron chi connectivity index (χ0n) is 9.25. The van der Waals surface area contributed by atoms with E-state index in [1.807, 2.05) is 0 Å². The summed E-state index contributed by atoms with van der Waals surface area (Å²) in [7, 11) is 0. The highest BCUT2D eigenvalue weighted by Gasteiger charge is 2.15. The molecule has 0 bridgehead atoms. The maximum Gasteiger partial charge on any atom is 0.151 e. The molecule has 18 heavy (non-hydrogen) atoms. The number of halogens is 3. The first kappa shape index (κ1) is 12.9. The first-order chi connectivity index (χ1) is 8.54. The fourth-order valence-corrected chi connectivity index (χ4v) is 1.88. The van der Waals surface area contributed by atoms with Crippen LogP contribution in [0.2, 0.25) is 10.0 Å². The van der Waals surface area contributed by atoms with Crippen molar-refractivity contribution in [2.45, 2.75) is 6.92 Å². The molecule has 0 aliphatic heterocycles. The van der Waals surface area contributed by atoms with Crippen LogP contribution in [-0.2, 0) is 0 Å². The third-order valence-corrected chi connectivity index (χ3v) is 3.21. The summed E-state index contributed by atoms with van der Waals surface area (Å²) >= 11 is 11.7. The van der Waals surface area contributed by atoms with E-state index in [4.69, 9.17) is 23.2 Å². The summed E-state index contributed by atoms with van der Waals surface area (Å²) in [5.41, 5.74) is 1.07. The number of rotatable bonds is 2. The average molecular weight is 285 g/mol. The van der Waals surface area contributed by atoms with Gasteiger partial charge in [-0.1, -0.05) is 23.2 Å². The molecule has 1 heterocycles. The van der Waals surface area contributed by atoms with E-state index < -0.39 is 5.82 Å². The molecule has 0 aliphatic carbocycles. The SMILES string of the molecule is Cc1ncnc(-c2cc(C=O)c(Cl)cc2F)c1Cl. The van der Waals surface area contributed by atoms with Crippen molar-refractivity contribution in [1.29, 1.82) is 0 Å². The molecule has 0 unspecified atom stereocenters. The molecular formula is C12H7Cl2FN2O. The molecule has 0 aliphatic rings. The van der Waals surface area contributed by atoms with Crippen LogP contribution in [0.25, 0.3) is 11.3 Å². The molecule has 0 radical (unpaired) electrons. The lowest BCUT2D eigenvalue weighted by atomic mass is 10.1. The van der Waals surface area contributed by atoms with Gasteiger partial charge in [0.2, 0.25) is 0 Å². The smallest absolute Gasteiger partial charge is 0.151 e. The second-order valence-corrected chi connectivity index (χ2v) is 4.38. The Balaban J connectivity index is 2.71. The van der Waals surface area contributed by atoms with Gasteiger partial charge in [0, 0.05) is 11.1 Å².